The van der Waals surface area contributed by atoms with Crippen LogP contribution in [0.3, 0.4) is 0 Å². The standard InChI is InChI=1S/C30H29ClN4O4/c1-14(2)26(34-30(37)38-3)29(36)35-23-10-16(23)11-24(35)28-32-22-7-4-15-9-21-19-6-5-18(31)8-17(19)13-39-25(21)12-20(15)27(22)33-28/h4-9,12,14,16,23-24,26H,10-11,13H2,1-3H3,(H,32,33)(H,34,37)/t16-,23?,24+,26+/m1/s1. The fourth-order valence-corrected chi connectivity index (χ4v) is 6.50. The van der Waals surface area contributed by atoms with E-state index in [4.69, 9.17) is 26.1 Å². The van der Waals surface area contributed by atoms with Gasteiger partial charge in [-0.1, -0.05) is 37.6 Å². The zero-order chi connectivity index (χ0) is 27.0. The lowest BCUT2D eigenvalue weighted by atomic mass is 9.94. The number of likely N-dealkylation sites (tertiary alicyclic amines) is 1. The fourth-order valence-electron chi connectivity index (χ4n) is 6.31. The summed E-state index contributed by atoms with van der Waals surface area (Å²) in [5.41, 5.74) is 5.02. The summed E-state index contributed by atoms with van der Waals surface area (Å²) in [5.74, 6) is 1.89. The first-order valence-corrected chi connectivity index (χ1v) is 13.7. The highest BCUT2D eigenvalue weighted by Gasteiger charge is 2.56. The number of hydrogen-bond acceptors (Lipinski definition) is 5. The Hall–Kier alpha value is -3.78. The zero-order valence-electron chi connectivity index (χ0n) is 22.0. The molecule has 7 rings (SSSR count). The maximum atomic E-state index is 13.8. The van der Waals surface area contributed by atoms with E-state index in [0.29, 0.717) is 17.5 Å². The first kappa shape index (κ1) is 24.3. The van der Waals surface area contributed by atoms with Crippen LogP contribution in [0.5, 0.6) is 5.75 Å². The van der Waals surface area contributed by atoms with Gasteiger partial charge in [-0.05, 0) is 71.5 Å². The largest absolute Gasteiger partial charge is 0.488 e. The lowest BCUT2D eigenvalue weighted by Gasteiger charge is -2.31. The van der Waals surface area contributed by atoms with E-state index in [0.717, 1.165) is 62.9 Å². The fraction of sp³-hybridized carbons (Fsp3) is 0.367. The number of alkyl carbamates (subject to hydrolysis) is 1. The van der Waals surface area contributed by atoms with Gasteiger partial charge in [0.1, 0.15) is 24.2 Å². The average molecular weight is 545 g/mol. The third-order valence-electron chi connectivity index (χ3n) is 8.39. The van der Waals surface area contributed by atoms with Crippen LogP contribution in [-0.4, -0.2) is 46.1 Å². The molecular weight excluding hydrogens is 516 g/mol. The molecule has 1 aliphatic carbocycles. The number of amides is 2. The van der Waals surface area contributed by atoms with E-state index in [-0.39, 0.29) is 23.9 Å². The van der Waals surface area contributed by atoms with Gasteiger partial charge < -0.3 is 24.7 Å². The summed E-state index contributed by atoms with van der Waals surface area (Å²) in [6.45, 7) is 4.32. The van der Waals surface area contributed by atoms with Crippen molar-refractivity contribution in [3.8, 4) is 16.9 Å². The molecule has 0 radical (unpaired) electrons. The van der Waals surface area contributed by atoms with Crippen molar-refractivity contribution in [1.29, 1.82) is 0 Å². The molecule has 4 atom stereocenters. The number of nitrogens with zero attached hydrogens (tertiary/aromatic N) is 2. The number of ether oxygens (including phenoxy) is 2. The minimum Gasteiger partial charge on any atom is -0.488 e. The summed E-state index contributed by atoms with van der Waals surface area (Å²) in [7, 11) is 1.31. The van der Waals surface area contributed by atoms with Gasteiger partial charge in [0.15, 0.2) is 0 Å². The van der Waals surface area contributed by atoms with E-state index in [2.05, 4.69) is 28.5 Å². The number of methoxy groups -OCH3 is 1. The highest BCUT2D eigenvalue weighted by molar-refractivity contribution is 6.30. The lowest BCUT2D eigenvalue weighted by molar-refractivity contribution is -0.136. The van der Waals surface area contributed by atoms with Crippen molar-refractivity contribution in [2.24, 2.45) is 11.8 Å². The molecule has 0 bridgehead atoms. The van der Waals surface area contributed by atoms with E-state index < -0.39 is 12.1 Å². The molecule has 2 fully saturated rings. The number of piperidine rings is 1. The van der Waals surface area contributed by atoms with Crippen molar-refractivity contribution >= 4 is 45.4 Å². The molecule has 8 nitrogen and oxygen atoms in total. The minimum atomic E-state index is -0.661. The smallest absolute Gasteiger partial charge is 0.407 e. The molecule has 2 amide bonds. The summed E-state index contributed by atoms with van der Waals surface area (Å²) < 4.78 is 10.9. The van der Waals surface area contributed by atoms with E-state index in [1.165, 1.54) is 7.11 Å². The van der Waals surface area contributed by atoms with Gasteiger partial charge in [-0.3, -0.25) is 4.79 Å². The molecule has 1 aromatic heterocycles. The second-order valence-electron chi connectivity index (χ2n) is 11.2. The zero-order valence-corrected chi connectivity index (χ0v) is 22.7. The SMILES string of the molecule is COC(=O)N[C@H](C(=O)N1C2C[C@@H]2C[C@H]1c1nc2c(ccc3cc4c(cc32)OCc2cc(Cl)ccc2-4)[nH]1)C(C)C. The molecular formula is C30H29ClN4O4. The first-order chi connectivity index (χ1) is 18.8. The number of benzene rings is 3. The van der Waals surface area contributed by atoms with Gasteiger partial charge in [0.2, 0.25) is 5.91 Å². The van der Waals surface area contributed by atoms with Gasteiger partial charge in [0.25, 0.3) is 0 Å². The summed E-state index contributed by atoms with van der Waals surface area (Å²) in [4.78, 5) is 36.2. The molecule has 39 heavy (non-hydrogen) atoms. The number of hydrogen-bond donors (Lipinski definition) is 2. The van der Waals surface area contributed by atoms with Gasteiger partial charge in [-0.15, -0.1) is 0 Å². The number of aromatic nitrogens is 2. The quantitative estimate of drug-likeness (QED) is 0.330. The number of fused-ring (bicyclic) bond motifs is 7. The number of carbonyl (C=O) groups excluding carboxylic acids is 2. The van der Waals surface area contributed by atoms with Crippen LogP contribution in [0, 0.1) is 11.8 Å². The molecule has 1 saturated heterocycles. The Morgan fingerprint density at radius 2 is 2.00 bits per heavy atom. The number of imidazole rings is 1. The highest BCUT2D eigenvalue weighted by Crippen LogP contribution is 2.53. The Morgan fingerprint density at radius 3 is 2.79 bits per heavy atom. The van der Waals surface area contributed by atoms with E-state index in [1.54, 1.807) is 0 Å². The number of halogens is 1. The van der Waals surface area contributed by atoms with Crippen LogP contribution in [0.4, 0.5) is 4.79 Å². The third kappa shape index (κ3) is 3.92. The van der Waals surface area contributed by atoms with Crippen LogP contribution in [0.15, 0.2) is 42.5 Å². The second-order valence-corrected chi connectivity index (χ2v) is 11.6. The van der Waals surface area contributed by atoms with E-state index >= 15 is 0 Å². The summed E-state index contributed by atoms with van der Waals surface area (Å²) in [6, 6.07) is 13.6. The number of H-pyrrole nitrogens is 1. The number of nitrogens with one attached hydrogen (secondary N) is 2. The van der Waals surface area contributed by atoms with Crippen molar-refractivity contribution in [1.82, 2.24) is 20.2 Å². The predicted octanol–water partition coefficient (Wildman–Crippen LogP) is 5.97. The minimum absolute atomic E-state index is 0.0815. The van der Waals surface area contributed by atoms with E-state index in [1.807, 2.05) is 43.0 Å². The molecule has 3 heterocycles. The number of rotatable bonds is 4. The highest BCUT2D eigenvalue weighted by atomic mass is 35.5. The molecule has 2 N–H and O–H groups in total. The summed E-state index contributed by atoms with van der Waals surface area (Å²) >= 11 is 6.21. The van der Waals surface area contributed by atoms with Crippen LogP contribution >= 0.6 is 11.6 Å². The molecule has 3 aromatic carbocycles. The van der Waals surface area contributed by atoms with Gasteiger partial charge in [0, 0.05) is 22.0 Å². The molecule has 1 unspecified atom stereocenters. The Kier molecular flexibility index (Phi) is 5.53. The Balaban J connectivity index is 1.26. The Labute approximate surface area is 230 Å². The maximum Gasteiger partial charge on any atom is 0.407 e. The molecule has 0 spiro atoms. The van der Waals surface area contributed by atoms with E-state index in [9.17, 15) is 9.59 Å². The summed E-state index contributed by atoms with van der Waals surface area (Å²) in [5, 5.41) is 5.50. The molecule has 9 heteroatoms. The predicted molar refractivity (Wildman–Crippen MR) is 149 cm³/mol. The first-order valence-electron chi connectivity index (χ1n) is 13.4. The van der Waals surface area contributed by atoms with Crippen molar-refractivity contribution < 1.29 is 19.1 Å². The molecule has 4 aromatic rings. The molecule has 2 aliphatic heterocycles. The monoisotopic (exact) mass is 544 g/mol. The van der Waals surface area contributed by atoms with Crippen LogP contribution < -0.4 is 10.1 Å². The van der Waals surface area contributed by atoms with Crippen LogP contribution in [0.2, 0.25) is 5.02 Å². The molecule has 1 saturated carbocycles. The van der Waals surface area contributed by atoms with Gasteiger partial charge in [-0.25, -0.2) is 9.78 Å². The van der Waals surface area contributed by atoms with Crippen molar-refractivity contribution in [3.63, 3.8) is 0 Å². The van der Waals surface area contributed by atoms with Crippen molar-refractivity contribution in [2.45, 2.75) is 51.4 Å². The summed E-state index contributed by atoms with van der Waals surface area (Å²) in [6.07, 6.45) is 1.25. The van der Waals surface area contributed by atoms with Crippen LogP contribution in [0.1, 0.15) is 44.1 Å². The van der Waals surface area contributed by atoms with Crippen molar-refractivity contribution in [3.05, 3.63) is 58.9 Å². The van der Waals surface area contributed by atoms with Gasteiger partial charge in [-0.2, -0.15) is 0 Å². The maximum absolute atomic E-state index is 13.8. The molecule has 3 aliphatic rings. The normalized spacial score (nSPS) is 21.8. The Bertz CT molecular complexity index is 1660. The van der Waals surface area contributed by atoms with Gasteiger partial charge >= 0.3 is 6.09 Å². The van der Waals surface area contributed by atoms with Crippen LogP contribution in [-0.2, 0) is 16.1 Å². The van der Waals surface area contributed by atoms with Gasteiger partial charge in [0.05, 0.1) is 24.2 Å². The Morgan fingerprint density at radius 1 is 1.15 bits per heavy atom. The number of carbonyl (C=O) groups is 2. The second kappa shape index (κ2) is 8.88. The third-order valence-corrected chi connectivity index (χ3v) is 8.63. The van der Waals surface area contributed by atoms with Crippen LogP contribution in [0.25, 0.3) is 32.9 Å². The number of aromatic amines is 1. The topological polar surface area (TPSA) is 96.6 Å². The molecule has 200 valence electrons. The lowest BCUT2D eigenvalue weighted by Crippen LogP contribution is -2.52. The average Bonchev–Trinajstić information content (AvgIpc) is 3.37. The van der Waals surface area contributed by atoms with Crippen molar-refractivity contribution in [2.75, 3.05) is 7.11 Å².